The van der Waals surface area contributed by atoms with Crippen LogP contribution in [0.15, 0.2) is 24.3 Å². The fourth-order valence-electron chi connectivity index (χ4n) is 2.83. The summed E-state index contributed by atoms with van der Waals surface area (Å²) >= 11 is 0. The Hall–Kier alpha value is -3.18. The number of aliphatic carboxylic acids is 1. The molecule has 1 aromatic carbocycles. The zero-order valence-corrected chi connectivity index (χ0v) is 18.4. The highest BCUT2D eigenvalue weighted by atomic mass is 16.4. The van der Waals surface area contributed by atoms with Crippen LogP contribution in [0.25, 0.3) is 0 Å². The number of hydrogen-bond acceptors (Lipinski definition) is 7. The lowest BCUT2D eigenvalue weighted by atomic mass is 10.0. The number of carboxylic acid groups (broad SMARTS) is 1. The maximum atomic E-state index is 12.8. The van der Waals surface area contributed by atoms with Gasteiger partial charge in [0.25, 0.3) is 0 Å². The Bertz CT molecular complexity index is 798. The summed E-state index contributed by atoms with van der Waals surface area (Å²) in [5.74, 6) is -3.23. The van der Waals surface area contributed by atoms with E-state index in [2.05, 4.69) is 16.0 Å². The maximum Gasteiger partial charge on any atom is 0.328 e. The number of hydrogen-bond donors (Lipinski definition) is 7. The van der Waals surface area contributed by atoms with Crippen LogP contribution in [0.3, 0.4) is 0 Å². The Morgan fingerprint density at radius 2 is 1.47 bits per heavy atom. The van der Waals surface area contributed by atoms with Gasteiger partial charge >= 0.3 is 5.97 Å². The lowest BCUT2D eigenvalue weighted by Crippen LogP contribution is -2.57. The number of carbonyl (C=O) groups is 4. The second-order valence-corrected chi connectivity index (χ2v) is 7.98. The van der Waals surface area contributed by atoms with Crippen molar-refractivity contribution in [3.05, 3.63) is 29.8 Å². The van der Waals surface area contributed by atoms with Crippen molar-refractivity contribution in [1.29, 1.82) is 0 Å². The summed E-state index contributed by atoms with van der Waals surface area (Å²) in [6.07, 6.45) is 0.477. The van der Waals surface area contributed by atoms with E-state index in [1.54, 1.807) is 12.1 Å². The van der Waals surface area contributed by atoms with E-state index < -0.39 is 54.5 Å². The molecule has 32 heavy (non-hydrogen) atoms. The number of benzene rings is 1. The molecule has 3 amide bonds. The van der Waals surface area contributed by atoms with Crippen molar-refractivity contribution in [3.63, 3.8) is 0 Å². The van der Waals surface area contributed by atoms with Gasteiger partial charge in [-0.1, -0.05) is 26.0 Å². The summed E-state index contributed by atoms with van der Waals surface area (Å²) in [7, 11) is 0. The van der Waals surface area contributed by atoms with E-state index in [1.807, 2.05) is 13.8 Å². The molecule has 0 heterocycles. The molecule has 0 aliphatic carbocycles. The van der Waals surface area contributed by atoms with Gasteiger partial charge in [0.2, 0.25) is 17.7 Å². The number of rotatable bonds is 12. The minimum atomic E-state index is -1.51. The van der Waals surface area contributed by atoms with Gasteiger partial charge in [-0.15, -0.1) is 0 Å². The van der Waals surface area contributed by atoms with Gasteiger partial charge in [0.1, 0.15) is 23.9 Å². The number of amides is 3. The van der Waals surface area contributed by atoms with Crippen molar-refractivity contribution in [2.75, 3.05) is 6.61 Å². The molecule has 4 atom stereocenters. The Labute approximate surface area is 186 Å². The van der Waals surface area contributed by atoms with Gasteiger partial charge in [-0.05, 0) is 37.0 Å². The molecule has 0 aliphatic heterocycles. The fraction of sp³-hybridized carbons (Fsp3) is 0.524. The van der Waals surface area contributed by atoms with Crippen molar-refractivity contribution in [3.8, 4) is 5.75 Å². The van der Waals surface area contributed by atoms with Crippen LogP contribution in [-0.4, -0.2) is 69.8 Å². The first-order chi connectivity index (χ1) is 14.9. The Kier molecular flexibility index (Phi) is 10.6. The number of aliphatic hydroxyl groups excluding tert-OH is 1. The molecular formula is C21H32N4O7. The van der Waals surface area contributed by atoms with E-state index in [0.29, 0.717) is 12.0 Å². The van der Waals surface area contributed by atoms with Crippen LogP contribution in [0, 0.1) is 5.92 Å². The van der Waals surface area contributed by atoms with E-state index in [4.69, 9.17) is 15.9 Å². The van der Waals surface area contributed by atoms with E-state index >= 15 is 0 Å². The highest BCUT2D eigenvalue weighted by Crippen LogP contribution is 2.12. The predicted molar refractivity (Wildman–Crippen MR) is 115 cm³/mol. The van der Waals surface area contributed by atoms with Crippen LogP contribution in [0.2, 0.25) is 0 Å². The zero-order chi connectivity index (χ0) is 24.4. The van der Waals surface area contributed by atoms with Gasteiger partial charge in [0.15, 0.2) is 0 Å². The standard InChI is InChI=1S/C21H32N4O7/c1-11(2)8-15(22)19(29)24-16(9-13-4-6-14(27)7-5-13)20(30)23-12(3)18(28)25-17(10-26)21(31)32/h4-7,11-12,15-17,26-27H,8-10,22H2,1-3H3,(H,23,30)(H,24,29)(H,25,28)(H,31,32). The van der Waals surface area contributed by atoms with Crippen molar-refractivity contribution < 1.29 is 34.5 Å². The van der Waals surface area contributed by atoms with E-state index in [9.17, 15) is 24.3 Å². The molecule has 1 aromatic rings. The third kappa shape index (κ3) is 8.90. The normalized spacial score (nSPS) is 14.7. The molecule has 0 saturated carbocycles. The molecule has 11 nitrogen and oxygen atoms in total. The molecule has 0 bridgehead atoms. The molecule has 178 valence electrons. The molecule has 11 heteroatoms. The van der Waals surface area contributed by atoms with Gasteiger partial charge in [-0.3, -0.25) is 14.4 Å². The van der Waals surface area contributed by atoms with Crippen LogP contribution >= 0.6 is 0 Å². The minimum Gasteiger partial charge on any atom is -0.508 e. The van der Waals surface area contributed by atoms with Crippen LogP contribution in [0.1, 0.15) is 32.8 Å². The number of nitrogens with two attached hydrogens (primary N) is 1. The summed E-state index contributed by atoms with van der Waals surface area (Å²) < 4.78 is 0. The number of aromatic hydroxyl groups is 1. The molecule has 4 unspecified atom stereocenters. The molecule has 0 aliphatic rings. The van der Waals surface area contributed by atoms with Crippen molar-refractivity contribution in [2.45, 2.75) is 57.8 Å². The van der Waals surface area contributed by atoms with Crippen LogP contribution in [0.4, 0.5) is 0 Å². The van der Waals surface area contributed by atoms with Gasteiger partial charge in [-0.2, -0.15) is 0 Å². The van der Waals surface area contributed by atoms with Crippen molar-refractivity contribution in [2.24, 2.45) is 11.7 Å². The average molecular weight is 453 g/mol. The quantitative estimate of drug-likeness (QED) is 0.207. The number of aliphatic hydroxyl groups is 1. The highest BCUT2D eigenvalue weighted by Gasteiger charge is 2.28. The number of carboxylic acids is 1. The average Bonchev–Trinajstić information content (AvgIpc) is 2.71. The monoisotopic (exact) mass is 452 g/mol. The smallest absolute Gasteiger partial charge is 0.328 e. The largest absolute Gasteiger partial charge is 0.508 e. The number of nitrogens with one attached hydrogen (secondary N) is 3. The molecule has 0 spiro atoms. The van der Waals surface area contributed by atoms with Crippen LogP contribution in [-0.2, 0) is 25.6 Å². The summed E-state index contributed by atoms with van der Waals surface area (Å²) in [6.45, 7) is 4.35. The fourth-order valence-corrected chi connectivity index (χ4v) is 2.83. The minimum absolute atomic E-state index is 0.0416. The summed E-state index contributed by atoms with van der Waals surface area (Å²) in [4.78, 5) is 48.5. The summed E-state index contributed by atoms with van der Waals surface area (Å²) in [5.41, 5.74) is 6.55. The first-order valence-corrected chi connectivity index (χ1v) is 10.2. The molecule has 0 fully saturated rings. The van der Waals surface area contributed by atoms with Gasteiger partial charge in [0.05, 0.1) is 12.6 Å². The second-order valence-electron chi connectivity index (χ2n) is 7.98. The zero-order valence-electron chi connectivity index (χ0n) is 18.4. The topological polar surface area (TPSA) is 191 Å². The Morgan fingerprint density at radius 1 is 0.906 bits per heavy atom. The SMILES string of the molecule is CC(C)CC(N)C(=O)NC(Cc1ccc(O)cc1)C(=O)NC(C)C(=O)NC(CO)C(=O)O. The molecular weight excluding hydrogens is 420 g/mol. The first kappa shape index (κ1) is 26.9. The van der Waals surface area contributed by atoms with Crippen LogP contribution in [0.5, 0.6) is 5.75 Å². The summed E-state index contributed by atoms with van der Waals surface area (Å²) in [5, 5.41) is 34.5. The lowest BCUT2D eigenvalue weighted by molar-refractivity contribution is -0.143. The molecule has 0 saturated heterocycles. The first-order valence-electron chi connectivity index (χ1n) is 10.2. The van der Waals surface area contributed by atoms with Gasteiger partial charge in [-0.25, -0.2) is 4.79 Å². The third-order valence-electron chi connectivity index (χ3n) is 4.62. The third-order valence-corrected chi connectivity index (χ3v) is 4.62. The highest BCUT2D eigenvalue weighted by molar-refractivity contribution is 5.94. The van der Waals surface area contributed by atoms with Crippen molar-refractivity contribution in [1.82, 2.24) is 16.0 Å². The number of phenols is 1. The maximum absolute atomic E-state index is 12.8. The number of carbonyl (C=O) groups excluding carboxylic acids is 3. The second kappa shape index (κ2) is 12.6. The van der Waals surface area contributed by atoms with Gasteiger partial charge in [0, 0.05) is 6.42 Å². The molecule has 1 rings (SSSR count). The Balaban J connectivity index is 2.92. The molecule has 0 aromatic heterocycles. The Morgan fingerprint density at radius 3 is 1.97 bits per heavy atom. The predicted octanol–water partition coefficient (Wildman–Crippen LogP) is -1.14. The summed E-state index contributed by atoms with van der Waals surface area (Å²) in [6, 6.07) is 1.50. The van der Waals surface area contributed by atoms with Gasteiger partial charge < -0.3 is 37.0 Å². The number of phenolic OH excluding ortho intramolecular Hbond substituents is 1. The van der Waals surface area contributed by atoms with Crippen LogP contribution < -0.4 is 21.7 Å². The van der Waals surface area contributed by atoms with Crippen molar-refractivity contribution >= 4 is 23.7 Å². The van der Waals surface area contributed by atoms with E-state index in [0.717, 1.165) is 0 Å². The van der Waals surface area contributed by atoms with E-state index in [-0.39, 0.29) is 18.1 Å². The molecule has 0 radical (unpaired) electrons. The van der Waals surface area contributed by atoms with E-state index in [1.165, 1.54) is 19.1 Å². The lowest BCUT2D eigenvalue weighted by Gasteiger charge is -2.24. The molecule has 8 N–H and O–H groups in total.